The second-order valence-electron chi connectivity index (χ2n) is 6.72. The summed E-state index contributed by atoms with van der Waals surface area (Å²) < 4.78 is 0. The highest BCUT2D eigenvalue weighted by Gasteiger charge is 2.36. The fourth-order valence-corrected chi connectivity index (χ4v) is 4.44. The van der Waals surface area contributed by atoms with Gasteiger partial charge in [-0.1, -0.05) is 30.7 Å². The molecule has 4 rings (SSSR count). The minimum Gasteiger partial charge on any atom is -0.308 e. The maximum absolute atomic E-state index is 3.73. The number of likely N-dealkylation sites (tertiary alicyclic amines) is 1. The van der Waals surface area contributed by atoms with E-state index in [0.717, 1.165) is 18.4 Å². The quantitative estimate of drug-likeness (QED) is 0.874. The molecule has 102 valence electrons. The minimum atomic E-state index is 0.661. The fraction of sp³-hybridized carbons (Fsp3) is 0.647. The molecule has 1 N–H and O–H groups in total. The van der Waals surface area contributed by atoms with E-state index in [1.54, 1.807) is 5.56 Å². The molecular formula is C17H24N2. The summed E-state index contributed by atoms with van der Waals surface area (Å²) in [6.07, 6.45) is 5.67. The van der Waals surface area contributed by atoms with Crippen LogP contribution in [0.2, 0.25) is 0 Å². The molecule has 2 fully saturated rings. The molecule has 2 nitrogen and oxygen atoms in total. The zero-order chi connectivity index (χ0) is 12.7. The first-order valence-corrected chi connectivity index (χ1v) is 7.91. The molecule has 19 heavy (non-hydrogen) atoms. The van der Waals surface area contributed by atoms with Gasteiger partial charge in [0.15, 0.2) is 0 Å². The van der Waals surface area contributed by atoms with Gasteiger partial charge in [-0.3, -0.25) is 0 Å². The predicted molar refractivity (Wildman–Crippen MR) is 78.0 cm³/mol. The Kier molecular flexibility index (Phi) is 3.08. The average molecular weight is 256 g/mol. The van der Waals surface area contributed by atoms with Crippen molar-refractivity contribution in [3.05, 3.63) is 35.4 Å². The summed E-state index contributed by atoms with van der Waals surface area (Å²) in [7, 11) is 0. The van der Waals surface area contributed by atoms with Crippen LogP contribution in [-0.2, 0) is 13.0 Å². The van der Waals surface area contributed by atoms with Crippen molar-refractivity contribution >= 4 is 0 Å². The molecule has 0 radical (unpaired) electrons. The van der Waals surface area contributed by atoms with E-state index in [9.17, 15) is 0 Å². The summed E-state index contributed by atoms with van der Waals surface area (Å²) in [5.41, 5.74) is 3.06. The van der Waals surface area contributed by atoms with Crippen LogP contribution in [-0.4, -0.2) is 30.6 Å². The third kappa shape index (κ3) is 2.32. The molecule has 1 aromatic rings. The summed E-state index contributed by atoms with van der Waals surface area (Å²) in [5, 5.41) is 3.73. The smallest absolute Gasteiger partial charge is 0.0238 e. The van der Waals surface area contributed by atoms with Crippen LogP contribution in [0.1, 0.15) is 30.4 Å². The third-order valence-electron chi connectivity index (χ3n) is 5.45. The predicted octanol–water partition coefficient (Wildman–Crippen LogP) is 2.43. The normalized spacial score (nSPS) is 34.2. The lowest BCUT2D eigenvalue weighted by molar-refractivity contribution is 0.264. The minimum absolute atomic E-state index is 0.661. The van der Waals surface area contributed by atoms with E-state index in [-0.39, 0.29) is 0 Å². The SMILES string of the molecule is c1ccc2c(c1)CN[C@H](CN1C[C@H]3CCC[C@H]3C1)C2. The summed E-state index contributed by atoms with van der Waals surface area (Å²) in [4.78, 5) is 2.72. The lowest BCUT2D eigenvalue weighted by Crippen LogP contribution is -2.44. The van der Waals surface area contributed by atoms with E-state index in [1.165, 1.54) is 50.9 Å². The average Bonchev–Trinajstić information content (AvgIpc) is 2.99. The van der Waals surface area contributed by atoms with Gasteiger partial charge in [-0.25, -0.2) is 0 Å². The van der Waals surface area contributed by atoms with Crippen LogP contribution in [0.5, 0.6) is 0 Å². The van der Waals surface area contributed by atoms with Gasteiger partial charge in [-0.2, -0.15) is 0 Å². The second kappa shape index (κ2) is 4.92. The Bertz CT molecular complexity index is 444. The second-order valence-corrected chi connectivity index (χ2v) is 6.72. The topological polar surface area (TPSA) is 15.3 Å². The van der Waals surface area contributed by atoms with E-state index in [1.807, 2.05) is 0 Å². The van der Waals surface area contributed by atoms with Crippen LogP contribution in [0.25, 0.3) is 0 Å². The van der Waals surface area contributed by atoms with Gasteiger partial charge in [0.25, 0.3) is 0 Å². The molecule has 1 saturated heterocycles. The summed E-state index contributed by atoms with van der Waals surface area (Å²) >= 11 is 0. The van der Waals surface area contributed by atoms with Crippen molar-refractivity contribution in [3.63, 3.8) is 0 Å². The van der Waals surface area contributed by atoms with Gasteiger partial charge in [-0.15, -0.1) is 0 Å². The summed E-state index contributed by atoms with van der Waals surface area (Å²) in [6, 6.07) is 9.57. The van der Waals surface area contributed by atoms with Gasteiger partial charge in [0, 0.05) is 32.2 Å². The van der Waals surface area contributed by atoms with Gasteiger partial charge in [0.1, 0.15) is 0 Å². The Hall–Kier alpha value is -0.860. The van der Waals surface area contributed by atoms with Gasteiger partial charge in [0.05, 0.1) is 0 Å². The number of nitrogens with zero attached hydrogens (tertiary/aromatic N) is 1. The summed E-state index contributed by atoms with van der Waals surface area (Å²) in [6.45, 7) is 5.04. The van der Waals surface area contributed by atoms with Crippen LogP contribution < -0.4 is 5.32 Å². The van der Waals surface area contributed by atoms with Crippen molar-refractivity contribution in [1.82, 2.24) is 10.2 Å². The number of rotatable bonds is 2. The van der Waals surface area contributed by atoms with Gasteiger partial charge in [-0.05, 0) is 42.2 Å². The molecule has 0 unspecified atom stereocenters. The molecule has 0 amide bonds. The van der Waals surface area contributed by atoms with Gasteiger partial charge >= 0.3 is 0 Å². The first-order valence-electron chi connectivity index (χ1n) is 7.91. The lowest BCUT2D eigenvalue weighted by atomic mass is 9.95. The number of hydrogen-bond acceptors (Lipinski definition) is 2. The van der Waals surface area contributed by atoms with E-state index in [4.69, 9.17) is 0 Å². The molecule has 2 heteroatoms. The highest BCUT2D eigenvalue weighted by atomic mass is 15.2. The van der Waals surface area contributed by atoms with Crippen LogP contribution in [0.15, 0.2) is 24.3 Å². The molecule has 1 aromatic carbocycles. The third-order valence-corrected chi connectivity index (χ3v) is 5.45. The van der Waals surface area contributed by atoms with Crippen molar-refractivity contribution < 1.29 is 0 Å². The zero-order valence-corrected chi connectivity index (χ0v) is 11.6. The molecule has 3 aliphatic rings. The molecule has 0 spiro atoms. The van der Waals surface area contributed by atoms with E-state index < -0.39 is 0 Å². The molecule has 3 atom stereocenters. The van der Waals surface area contributed by atoms with Crippen molar-refractivity contribution in [2.75, 3.05) is 19.6 Å². The molecule has 0 aromatic heterocycles. The lowest BCUT2D eigenvalue weighted by Gasteiger charge is -2.30. The Balaban J connectivity index is 1.38. The van der Waals surface area contributed by atoms with Crippen LogP contribution in [0, 0.1) is 11.8 Å². The molecule has 2 aliphatic heterocycles. The first-order chi connectivity index (χ1) is 9.38. The van der Waals surface area contributed by atoms with Crippen molar-refractivity contribution in [2.45, 2.75) is 38.3 Å². The van der Waals surface area contributed by atoms with Gasteiger partial charge in [0.2, 0.25) is 0 Å². The van der Waals surface area contributed by atoms with E-state index in [0.29, 0.717) is 6.04 Å². The molecule has 2 heterocycles. The van der Waals surface area contributed by atoms with Crippen molar-refractivity contribution in [1.29, 1.82) is 0 Å². The molecule has 1 saturated carbocycles. The Morgan fingerprint density at radius 1 is 1.05 bits per heavy atom. The van der Waals surface area contributed by atoms with Crippen molar-refractivity contribution in [2.24, 2.45) is 11.8 Å². The van der Waals surface area contributed by atoms with Crippen LogP contribution >= 0.6 is 0 Å². The maximum atomic E-state index is 3.73. The Morgan fingerprint density at radius 3 is 2.58 bits per heavy atom. The highest BCUT2D eigenvalue weighted by Crippen LogP contribution is 2.37. The van der Waals surface area contributed by atoms with E-state index in [2.05, 4.69) is 34.5 Å². The fourth-order valence-electron chi connectivity index (χ4n) is 4.44. The molecule has 1 aliphatic carbocycles. The number of hydrogen-bond donors (Lipinski definition) is 1. The number of fused-ring (bicyclic) bond motifs is 2. The summed E-state index contributed by atoms with van der Waals surface area (Å²) in [5.74, 6) is 2.05. The first kappa shape index (κ1) is 11.9. The Labute approximate surface area is 116 Å². The van der Waals surface area contributed by atoms with E-state index >= 15 is 0 Å². The van der Waals surface area contributed by atoms with Crippen molar-refractivity contribution in [3.8, 4) is 0 Å². The largest absolute Gasteiger partial charge is 0.308 e. The maximum Gasteiger partial charge on any atom is 0.0238 e. The van der Waals surface area contributed by atoms with Gasteiger partial charge < -0.3 is 10.2 Å². The number of benzene rings is 1. The zero-order valence-electron chi connectivity index (χ0n) is 11.6. The monoisotopic (exact) mass is 256 g/mol. The Morgan fingerprint density at radius 2 is 1.79 bits per heavy atom. The number of nitrogens with one attached hydrogen (secondary N) is 1. The highest BCUT2D eigenvalue weighted by molar-refractivity contribution is 5.30. The molecule has 0 bridgehead atoms. The van der Waals surface area contributed by atoms with Crippen LogP contribution in [0.4, 0.5) is 0 Å². The standard InChI is InChI=1S/C17H24N2/c1-2-5-14-9-18-17(8-13(14)4-1)12-19-10-15-6-3-7-16(15)11-19/h1-2,4-5,15-18H,3,6-12H2/t15-,16+,17-/m0/s1. The van der Waals surface area contributed by atoms with Crippen LogP contribution in [0.3, 0.4) is 0 Å². The molecular weight excluding hydrogens is 232 g/mol.